The number of Topliss-reactive ketones (excluding diaryl/α,β-unsaturated/α-hetero) is 1. The molecule has 0 saturated carbocycles. The lowest BCUT2D eigenvalue weighted by Crippen LogP contribution is -2.24. The number of ether oxygens (including phenoxy) is 1. The Labute approximate surface area is 105 Å². The molecule has 0 N–H and O–H groups in total. The maximum Gasteiger partial charge on any atom is 0.455 e. The van der Waals surface area contributed by atoms with Gasteiger partial charge >= 0.3 is 6.18 Å². The van der Waals surface area contributed by atoms with Gasteiger partial charge in [0.25, 0.3) is 5.78 Å². The summed E-state index contributed by atoms with van der Waals surface area (Å²) in [6.45, 7) is 3.02. The molecule has 0 aliphatic rings. The summed E-state index contributed by atoms with van der Waals surface area (Å²) in [6.07, 6.45) is -4.91. The third kappa shape index (κ3) is 2.62. The summed E-state index contributed by atoms with van der Waals surface area (Å²) in [4.78, 5) is 11.3. The van der Waals surface area contributed by atoms with E-state index in [2.05, 4.69) is 15.9 Å². The van der Waals surface area contributed by atoms with Gasteiger partial charge in [-0.15, -0.1) is 0 Å². The first-order valence-corrected chi connectivity index (χ1v) is 5.44. The van der Waals surface area contributed by atoms with Gasteiger partial charge in [0, 0.05) is 4.47 Å². The van der Waals surface area contributed by atoms with Gasteiger partial charge in [-0.3, -0.25) is 4.79 Å². The molecule has 0 amide bonds. The molecule has 0 spiro atoms. The second-order valence-corrected chi connectivity index (χ2v) is 4.39. The zero-order valence-electron chi connectivity index (χ0n) is 9.41. The molecule has 0 aromatic heterocycles. The molecule has 0 saturated heterocycles. The Morgan fingerprint density at radius 3 is 2.29 bits per heavy atom. The number of aryl methyl sites for hydroxylation is 1. The lowest BCUT2D eigenvalue weighted by Gasteiger charge is -2.16. The van der Waals surface area contributed by atoms with Crippen LogP contribution in [0.25, 0.3) is 0 Å². The first-order chi connectivity index (χ1) is 7.70. The minimum atomic E-state index is -4.91. The molecule has 0 fully saturated rings. The van der Waals surface area contributed by atoms with Crippen molar-refractivity contribution in [2.24, 2.45) is 0 Å². The second-order valence-electron chi connectivity index (χ2n) is 3.54. The van der Waals surface area contributed by atoms with Crippen LogP contribution in [0, 0.1) is 13.8 Å². The fourth-order valence-corrected chi connectivity index (χ4v) is 2.07. The molecule has 0 aliphatic carbocycles. The Morgan fingerprint density at radius 1 is 1.35 bits per heavy atom. The van der Waals surface area contributed by atoms with Crippen molar-refractivity contribution in [3.8, 4) is 5.75 Å². The molecule has 1 rings (SSSR count). The summed E-state index contributed by atoms with van der Waals surface area (Å²) in [7, 11) is 1.24. The average molecular weight is 311 g/mol. The molecule has 1 aromatic carbocycles. The van der Waals surface area contributed by atoms with Crippen molar-refractivity contribution in [2.45, 2.75) is 20.0 Å². The maximum absolute atomic E-state index is 12.5. The predicted molar refractivity (Wildman–Crippen MR) is 60.6 cm³/mol. The van der Waals surface area contributed by atoms with Gasteiger partial charge in [-0.1, -0.05) is 15.9 Å². The van der Waals surface area contributed by atoms with Crippen LogP contribution in [0.15, 0.2) is 10.5 Å². The molecular weight excluding hydrogens is 301 g/mol. The highest BCUT2D eigenvalue weighted by Gasteiger charge is 2.42. The Morgan fingerprint density at radius 2 is 1.88 bits per heavy atom. The van der Waals surface area contributed by atoms with E-state index in [1.165, 1.54) is 14.0 Å². The minimum Gasteiger partial charge on any atom is -0.496 e. The number of alkyl halides is 3. The number of hydrogen-bond donors (Lipinski definition) is 0. The molecule has 0 atom stereocenters. The lowest BCUT2D eigenvalue weighted by atomic mass is 10.00. The Kier molecular flexibility index (Phi) is 3.86. The van der Waals surface area contributed by atoms with E-state index in [0.717, 1.165) is 0 Å². The van der Waals surface area contributed by atoms with Crippen LogP contribution in [-0.4, -0.2) is 19.1 Å². The monoisotopic (exact) mass is 310 g/mol. The zero-order chi connectivity index (χ0) is 13.4. The van der Waals surface area contributed by atoms with Crippen LogP contribution >= 0.6 is 15.9 Å². The van der Waals surface area contributed by atoms with Crippen molar-refractivity contribution in [2.75, 3.05) is 7.11 Å². The number of ketones is 1. The van der Waals surface area contributed by atoms with Gasteiger partial charge in [0.05, 0.1) is 12.7 Å². The standard InChI is InChI=1S/C11H10BrF3O2/c1-5-4-7(12)6(2)8(9(5)17-3)10(16)11(13,14)15/h4H,1-3H3. The summed E-state index contributed by atoms with van der Waals surface area (Å²) >= 11 is 3.12. The van der Waals surface area contributed by atoms with Crippen LogP contribution < -0.4 is 4.74 Å². The number of hydrogen-bond acceptors (Lipinski definition) is 2. The second kappa shape index (κ2) is 4.68. The third-order valence-electron chi connectivity index (χ3n) is 2.35. The number of methoxy groups -OCH3 is 1. The van der Waals surface area contributed by atoms with E-state index in [4.69, 9.17) is 4.74 Å². The summed E-state index contributed by atoms with van der Waals surface area (Å²) in [5, 5.41) is 0. The van der Waals surface area contributed by atoms with Crippen LogP contribution in [0.1, 0.15) is 21.5 Å². The summed E-state index contributed by atoms with van der Waals surface area (Å²) in [6, 6.07) is 1.61. The Hall–Kier alpha value is -1.04. The number of carbonyl (C=O) groups is 1. The van der Waals surface area contributed by atoms with Crippen LogP contribution in [-0.2, 0) is 0 Å². The molecule has 0 heterocycles. The maximum atomic E-state index is 12.5. The van der Waals surface area contributed by atoms with Crippen LogP contribution in [0.3, 0.4) is 0 Å². The van der Waals surface area contributed by atoms with Gasteiger partial charge in [0.2, 0.25) is 0 Å². The number of benzene rings is 1. The van der Waals surface area contributed by atoms with Gasteiger partial charge in [-0.25, -0.2) is 0 Å². The zero-order valence-corrected chi connectivity index (χ0v) is 11.0. The quantitative estimate of drug-likeness (QED) is 0.776. The SMILES string of the molecule is COc1c(C)cc(Br)c(C)c1C(=O)C(F)(F)F. The molecule has 0 unspecified atom stereocenters. The highest BCUT2D eigenvalue weighted by Crippen LogP contribution is 2.36. The van der Waals surface area contributed by atoms with Gasteiger partial charge in [0.15, 0.2) is 0 Å². The molecule has 0 radical (unpaired) electrons. The van der Waals surface area contributed by atoms with Crippen LogP contribution in [0.4, 0.5) is 13.2 Å². The van der Waals surface area contributed by atoms with Crippen LogP contribution in [0.5, 0.6) is 5.75 Å². The van der Waals surface area contributed by atoms with E-state index in [9.17, 15) is 18.0 Å². The van der Waals surface area contributed by atoms with Crippen LogP contribution in [0.2, 0.25) is 0 Å². The number of halogens is 4. The molecule has 94 valence electrons. The van der Waals surface area contributed by atoms with Gasteiger partial charge < -0.3 is 4.74 Å². The predicted octanol–water partition coefficient (Wildman–Crippen LogP) is 3.82. The topological polar surface area (TPSA) is 26.3 Å². The van der Waals surface area contributed by atoms with Crippen molar-refractivity contribution in [3.05, 3.63) is 27.2 Å². The van der Waals surface area contributed by atoms with Gasteiger partial charge in [0.1, 0.15) is 5.75 Å². The largest absolute Gasteiger partial charge is 0.496 e. The smallest absolute Gasteiger partial charge is 0.455 e. The molecule has 0 bridgehead atoms. The number of carbonyl (C=O) groups excluding carboxylic acids is 1. The highest BCUT2D eigenvalue weighted by atomic mass is 79.9. The summed E-state index contributed by atoms with van der Waals surface area (Å²) in [5.74, 6) is -1.93. The molecule has 17 heavy (non-hydrogen) atoms. The normalized spacial score (nSPS) is 11.5. The molecule has 6 heteroatoms. The molecule has 1 aromatic rings. The van der Waals surface area contributed by atoms with Crippen molar-refractivity contribution >= 4 is 21.7 Å². The van der Waals surface area contributed by atoms with E-state index >= 15 is 0 Å². The Bertz CT molecular complexity index is 467. The van der Waals surface area contributed by atoms with E-state index < -0.39 is 17.5 Å². The van der Waals surface area contributed by atoms with E-state index in [1.807, 2.05) is 0 Å². The first-order valence-electron chi connectivity index (χ1n) is 4.65. The van der Waals surface area contributed by atoms with E-state index in [-0.39, 0.29) is 11.3 Å². The van der Waals surface area contributed by atoms with Gasteiger partial charge in [-0.05, 0) is 31.0 Å². The fraction of sp³-hybridized carbons (Fsp3) is 0.364. The highest BCUT2D eigenvalue weighted by molar-refractivity contribution is 9.10. The number of rotatable bonds is 2. The Balaban J connectivity index is 3.56. The molecule has 0 aliphatic heterocycles. The van der Waals surface area contributed by atoms with E-state index in [1.54, 1.807) is 13.0 Å². The fourth-order valence-electron chi connectivity index (χ4n) is 1.53. The van der Waals surface area contributed by atoms with Crippen molar-refractivity contribution < 1.29 is 22.7 Å². The van der Waals surface area contributed by atoms with Crippen molar-refractivity contribution in [3.63, 3.8) is 0 Å². The molecular formula is C11H10BrF3O2. The molecule has 2 nitrogen and oxygen atoms in total. The van der Waals surface area contributed by atoms with Gasteiger partial charge in [-0.2, -0.15) is 13.2 Å². The average Bonchev–Trinajstić information content (AvgIpc) is 2.20. The van der Waals surface area contributed by atoms with Crippen molar-refractivity contribution in [1.29, 1.82) is 0 Å². The third-order valence-corrected chi connectivity index (χ3v) is 3.17. The van der Waals surface area contributed by atoms with Crippen molar-refractivity contribution in [1.82, 2.24) is 0 Å². The van der Waals surface area contributed by atoms with E-state index in [0.29, 0.717) is 10.0 Å². The first kappa shape index (κ1) is 14.0. The summed E-state index contributed by atoms with van der Waals surface area (Å²) in [5.41, 5.74) is 0.249. The lowest BCUT2D eigenvalue weighted by molar-refractivity contribution is -0.0887. The minimum absolute atomic E-state index is 0.0342. The summed E-state index contributed by atoms with van der Waals surface area (Å²) < 4.78 is 42.8.